The number of nitrogens with zero attached hydrogens (tertiary/aromatic N) is 1. The Morgan fingerprint density at radius 3 is 2.69 bits per heavy atom. The Morgan fingerprint density at radius 1 is 1.24 bits per heavy atom. The Bertz CT molecular complexity index is 897. The van der Waals surface area contributed by atoms with Crippen molar-refractivity contribution < 1.29 is 14.3 Å². The third kappa shape index (κ3) is 5.93. The van der Waals surface area contributed by atoms with Crippen molar-refractivity contribution >= 4 is 27.9 Å². The maximum atomic E-state index is 12.4. The molecule has 2 aromatic rings. The first-order valence-electron chi connectivity index (χ1n) is 9.51. The third-order valence-corrected chi connectivity index (χ3v) is 5.59. The number of carbonyl (C=O) groups excluding carboxylic acids is 1. The highest BCUT2D eigenvalue weighted by atomic mass is 79.9. The van der Waals surface area contributed by atoms with Crippen LogP contribution in [0.15, 0.2) is 59.1 Å². The molecule has 3 rings (SSSR count). The van der Waals surface area contributed by atoms with Crippen LogP contribution in [-0.2, 0) is 14.9 Å². The van der Waals surface area contributed by atoms with Crippen LogP contribution < -0.4 is 10.1 Å². The minimum absolute atomic E-state index is 0.0162. The molecule has 0 atom stereocenters. The molecule has 1 fully saturated rings. The van der Waals surface area contributed by atoms with Crippen molar-refractivity contribution in [3.8, 4) is 11.8 Å². The zero-order valence-electron chi connectivity index (χ0n) is 16.1. The molecular weight excluding hydrogens is 432 g/mol. The number of amides is 1. The molecule has 150 valence electrons. The number of hydrogen-bond acceptors (Lipinski definition) is 4. The second kappa shape index (κ2) is 10.2. The molecule has 1 saturated heterocycles. The Kier molecular flexibility index (Phi) is 7.45. The maximum absolute atomic E-state index is 12.4. The molecule has 1 aliphatic heterocycles. The van der Waals surface area contributed by atoms with Gasteiger partial charge in [-0.05, 0) is 54.3 Å². The van der Waals surface area contributed by atoms with E-state index in [1.807, 2.05) is 30.3 Å². The smallest absolute Gasteiger partial charge is 0.244 e. The summed E-state index contributed by atoms with van der Waals surface area (Å²) in [5, 5.41) is 11.6. The number of halogens is 1. The predicted octanol–water partition coefficient (Wildman–Crippen LogP) is 4.23. The molecule has 0 spiro atoms. The van der Waals surface area contributed by atoms with Crippen LogP contribution in [0.5, 0.6) is 5.75 Å². The first-order chi connectivity index (χ1) is 14.1. The summed E-state index contributed by atoms with van der Waals surface area (Å²) in [4.78, 5) is 12.4. The summed E-state index contributed by atoms with van der Waals surface area (Å²) >= 11 is 3.55. The lowest BCUT2D eigenvalue weighted by atomic mass is 9.74. The molecule has 0 aliphatic carbocycles. The fourth-order valence-corrected chi connectivity index (χ4v) is 3.83. The summed E-state index contributed by atoms with van der Waals surface area (Å²) < 4.78 is 11.8. The van der Waals surface area contributed by atoms with Crippen molar-refractivity contribution in [1.82, 2.24) is 5.32 Å². The lowest BCUT2D eigenvalue weighted by Gasteiger charge is -2.38. The average Bonchev–Trinajstić information content (AvgIpc) is 2.76. The van der Waals surface area contributed by atoms with Gasteiger partial charge in [-0.2, -0.15) is 5.26 Å². The van der Waals surface area contributed by atoms with Crippen molar-refractivity contribution in [3.63, 3.8) is 0 Å². The molecule has 0 unspecified atom stereocenters. The van der Waals surface area contributed by atoms with Gasteiger partial charge in [0.15, 0.2) is 6.61 Å². The molecule has 0 saturated carbocycles. The number of ether oxygens (including phenoxy) is 2. The van der Waals surface area contributed by atoms with Gasteiger partial charge in [0, 0.05) is 35.7 Å². The SMILES string of the molecule is N#CCOc1ccc(C=CC(=O)NCC2(c3cccc(Br)c3)CCOCC2)cc1. The average molecular weight is 455 g/mol. The summed E-state index contributed by atoms with van der Waals surface area (Å²) in [5.74, 6) is 0.499. The van der Waals surface area contributed by atoms with E-state index >= 15 is 0 Å². The van der Waals surface area contributed by atoms with E-state index in [1.165, 1.54) is 5.56 Å². The summed E-state index contributed by atoms with van der Waals surface area (Å²) in [6.45, 7) is 1.97. The van der Waals surface area contributed by atoms with Crippen LogP contribution in [0.4, 0.5) is 0 Å². The monoisotopic (exact) mass is 454 g/mol. The fraction of sp³-hybridized carbons (Fsp3) is 0.304. The molecular formula is C23H23BrN2O3. The van der Waals surface area contributed by atoms with Gasteiger partial charge in [-0.3, -0.25) is 4.79 Å². The van der Waals surface area contributed by atoms with Gasteiger partial charge in [0.1, 0.15) is 11.8 Å². The number of rotatable bonds is 7. The summed E-state index contributed by atoms with van der Waals surface area (Å²) in [7, 11) is 0. The molecule has 0 bridgehead atoms. The van der Waals surface area contributed by atoms with E-state index in [0.717, 1.165) is 22.9 Å². The molecule has 1 heterocycles. The zero-order chi connectivity index (χ0) is 20.5. The van der Waals surface area contributed by atoms with Gasteiger partial charge in [-0.25, -0.2) is 0 Å². The molecule has 1 N–H and O–H groups in total. The Balaban J connectivity index is 1.61. The minimum atomic E-state index is -0.129. The fourth-order valence-electron chi connectivity index (χ4n) is 3.43. The lowest BCUT2D eigenvalue weighted by molar-refractivity contribution is -0.116. The van der Waals surface area contributed by atoms with Crippen LogP contribution in [0.1, 0.15) is 24.0 Å². The Labute approximate surface area is 179 Å². The molecule has 2 aromatic carbocycles. The molecule has 6 heteroatoms. The van der Waals surface area contributed by atoms with Crippen LogP contribution in [0, 0.1) is 11.3 Å². The maximum Gasteiger partial charge on any atom is 0.244 e. The van der Waals surface area contributed by atoms with Gasteiger partial charge < -0.3 is 14.8 Å². The van der Waals surface area contributed by atoms with Gasteiger partial charge >= 0.3 is 0 Å². The second-order valence-corrected chi connectivity index (χ2v) is 7.89. The van der Waals surface area contributed by atoms with Gasteiger partial charge in [-0.15, -0.1) is 0 Å². The Morgan fingerprint density at radius 2 is 2.00 bits per heavy atom. The number of nitriles is 1. The third-order valence-electron chi connectivity index (χ3n) is 5.10. The molecule has 1 aliphatic rings. The van der Waals surface area contributed by atoms with Crippen LogP contribution in [0.2, 0.25) is 0 Å². The minimum Gasteiger partial charge on any atom is -0.479 e. The Hall–Kier alpha value is -2.62. The quantitative estimate of drug-likeness (QED) is 0.635. The second-order valence-electron chi connectivity index (χ2n) is 6.97. The van der Waals surface area contributed by atoms with Crippen LogP contribution in [-0.4, -0.2) is 32.3 Å². The van der Waals surface area contributed by atoms with Gasteiger partial charge in [0.05, 0.1) is 0 Å². The van der Waals surface area contributed by atoms with Gasteiger partial charge in [0.2, 0.25) is 5.91 Å². The number of hydrogen-bond donors (Lipinski definition) is 1. The van der Waals surface area contributed by atoms with E-state index in [9.17, 15) is 4.79 Å². The highest BCUT2D eigenvalue weighted by Gasteiger charge is 2.34. The molecule has 0 radical (unpaired) electrons. The van der Waals surface area contributed by atoms with E-state index in [2.05, 4.69) is 33.4 Å². The molecule has 0 aromatic heterocycles. The predicted molar refractivity (Wildman–Crippen MR) is 115 cm³/mol. The summed E-state index contributed by atoms with van der Waals surface area (Å²) in [6, 6.07) is 17.5. The van der Waals surface area contributed by atoms with E-state index in [1.54, 1.807) is 24.3 Å². The summed E-state index contributed by atoms with van der Waals surface area (Å²) in [6.07, 6.45) is 5.05. The summed E-state index contributed by atoms with van der Waals surface area (Å²) in [5.41, 5.74) is 1.98. The topological polar surface area (TPSA) is 71.3 Å². The first-order valence-corrected chi connectivity index (χ1v) is 10.3. The van der Waals surface area contributed by atoms with Crippen molar-refractivity contribution in [3.05, 3.63) is 70.2 Å². The lowest BCUT2D eigenvalue weighted by Crippen LogP contribution is -2.44. The zero-order valence-corrected chi connectivity index (χ0v) is 17.7. The highest BCUT2D eigenvalue weighted by Crippen LogP contribution is 2.35. The normalized spacial score (nSPS) is 15.6. The van der Waals surface area contributed by atoms with Crippen LogP contribution in [0.3, 0.4) is 0 Å². The van der Waals surface area contributed by atoms with E-state index in [4.69, 9.17) is 14.7 Å². The number of benzene rings is 2. The molecule has 5 nitrogen and oxygen atoms in total. The van der Waals surface area contributed by atoms with E-state index in [0.29, 0.717) is 25.5 Å². The highest BCUT2D eigenvalue weighted by molar-refractivity contribution is 9.10. The van der Waals surface area contributed by atoms with Crippen molar-refractivity contribution in [2.45, 2.75) is 18.3 Å². The van der Waals surface area contributed by atoms with Gasteiger partial charge in [0.25, 0.3) is 0 Å². The van der Waals surface area contributed by atoms with Gasteiger partial charge in [-0.1, -0.05) is 40.2 Å². The molecule has 29 heavy (non-hydrogen) atoms. The van der Waals surface area contributed by atoms with E-state index in [-0.39, 0.29) is 17.9 Å². The van der Waals surface area contributed by atoms with Crippen molar-refractivity contribution in [2.24, 2.45) is 0 Å². The standard InChI is InChI=1S/C23H23BrN2O3/c24-20-3-1-2-19(16-20)23(10-13-28-14-11-23)17-26-22(27)9-6-18-4-7-21(8-5-18)29-15-12-25/h1-9,16H,10-11,13-15,17H2,(H,26,27). The van der Waals surface area contributed by atoms with E-state index < -0.39 is 0 Å². The first kappa shape index (κ1) is 21.1. The number of nitrogens with one attached hydrogen (secondary N) is 1. The number of carbonyl (C=O) groups is 1. The van der Waals surface area contributed by atoms with Crippen molar-refractivity contribution in [2.75, 3.05) is 26.4 Å². The largest absolute Gasteiger partial charge is 0.479 e. The van der Waals surface area contributed by atoms with Crippen molar-refractivity contribution in [1.29, 1.82) is 5.26 Å². The van der Waals surface area contributed by atoms with Crippen LogP contribution >= 0.6 is 15.9 Å². The molecule has 1 amide bonds. The van der Waals surface area contributed by atoms with Crippen LogP contribution in [0.25, 0.3) is 6.08 Å².